The maximum absolute atomic E-state index is 4.54. The van der Waals surface area contributed by atoms with Gasteiger partial charge in [0.2, 0.25) is 5.95 Å². The molecule has 0 aliphatic rings. The molecule has 0 amide bonds. The molecule has 0 aliphatic carbocycles. The van der Waals surface area contributed by atoms with E-state index in [9.17, 15) is 0 Å². The van der Waals surface area contributed by atoms with Crippen molar-refractivity contribution in [3.8, 4) is 0 Å². The summed E-state index contributed by atoms with van der Waals surface area (Å²) in [4.78, 5) is 10.1. The predicted octanol–water partition coefficient (Wildman–Crippen LogP) is 4.02. The van der Waals surface area contributed by atoms with Crippen LogP contribution in [0.5, 0.6) is 0 Å². The van der Waals surface area contributed by atoms with Crippen molar-refractivity contribution in [3.63, 3.8) is 0 Å². The normalized spacial score (nSPS) is 10.9. The molecule has 1 N–H and O–H groups in total. The Hall–Kier alpha value is -0.810. The van der Waals surface area contributed by atoms with Crippen LogP contribution in [0.1, 0.15) is 26.2 Å². The first-order valence-electron chi connectivity index (χ1n) is 5.91. The van der Waals surface area contributed by atoms with Gasteiger partial charge < -0.3 is 5.32 Å². The highest BCUT2D eigenvalue weighted by Crippen LogP contribution is 2.30. The van der Waals surface area contributed by atoms with Gasteiger partial charge in [-0.2, -0.15) is 0 Å². The Labute approximate surface area is 110 Å². The molecule has 0 atom stereocenters. The zero-order valence-electron chi connectivity index (χ0n) is 10.2. The first-order chi connectivity index (χ1) is 8.35. The van der Waals surface area contributed by atoms with Crippen molar-refractivity contribution in [1.82, 2.24) is 9.97 Å². The molecule has 0 saturated heterocycles. The number of hydrogen-bond acceptors (Lipinski definition) is 5. The summed E-state index contributed by atoms with van der Waals surface area (Å²) >= 11 is 3.51. The largest absolute Gasteiger partial charge is 0.357 e. The third-order valence-corrected chi connectivity index (χ3v) is 4.38. The predicted molar refractivity (Wildman–Crippen MR) is 77.2 cm³/mol. The topological polar surface area (TPSA) is 37.8 Å². The van der Waals surface area contributed by atoms with E-state index in [0.29, 0.717) is 0 Å². The lowest BCUT2D eigenvalue weighted by Crippen LogP contribution is -1.97. The quantitative estimate of drug-likeness (QED) is 0.487. The van der Waals surface area contributed by atoms with Gasteiger partial charge in [0.1, 0.15) is 9.86 Å². The third-order valence-electron chi connectivity index (χ3n) is 2.50. The van der Waals surface area contributed by atoms with Crippen LogP contribution in [-0.2, 0) is 0 Å². The van der Waals surface area contributed by atoms with E-state index >= 15 is 0 Å². The highest BCUT2D eigenvalue weighted by atomic mass is 32.2. The average Bonchev–Trinajstić information content (AvgIpc) is 2.82. The van der Waals surface area contributed by atoms with Crippen molar-refractivity contribution in [2.45, 2.75) is 31.2 Å². The van der Waals surface area contributed by atoms with E-state index in [2.05, 4.69) is 33.7 Å². The first-order valence-corrected chi connectivity index (χ1v) is 7.77. The first kappa shape index (κ1) is 12.6. The van der Waals surface area contributed by atoms with Crippen molar-refractivity contribution in [1.29, 1.82) is 0 Å². The molecule has 0 spiro atoms. The van der Waals surface area contributed by atoms with Crippen LogP contribution in [0.25, 0.3) is 10.2 Å². The van der Waals surface area contributed by atoms with E-state index < -0.39 is 0 Å². The van der Waals surface area contributed by atoms with Gasteiger partial charge in [-0.05, 0) is 23.6 Å². The zero-order valence-corrected chi connectivity index (χ0v) is 11.8. The van der Waals surface area contributed by atoms with Crippen molar-refractivity contribution in [2.24, 2.45) is 0 Å². The summed E-state index contributed by atoms with van der Waals surface area (Å²) in [6.45, 7) is 2.23. The minimum atomic E-state index is 0.720. The maximum Gasteiger partial charge on any atom is 0.224 e. The Morgan fingerprint density at radius 1 is 1.35 bits per heavy atom. The maximum atomic E-state index is 4.54. The molecule has 92 valence electrons. The van der Waals surface area contributed by atoms with Crippen LogP contribution in [-0.4, -0.2) is 22.8 Å². The fraction of sp³-hybridized carbons (Fsp3) is 0.500. The number of rotatable bonds is 6. The number of thioether (sulfide) groups is 1. The SMILES string of the molecule is CCCCCSc1nc(NC)nc2sccc12. The fourth-order valence-corrected chi connectivity index (χ4v) is 3.41. The van der Waals surface area contributed by atoms with E-state index in [4.69, 9.17) is 0 Å². The molecule has 0 bridgehead atoms. The highest BCUT2D eigenvalue weighted by molar-refractivity contribution is 7.99. The Morgan fingerprint density at radius 3 is 3.00 bits per heavy atom. The van der Waals surface area contributed by atoms with Gasteiger partial charge >= 0.3 is 0 Å². The van der Waals surface area contributed by atoms with Gasteiger partial charge in [0, 0.05) is 12.4 Å². The third kappa shape index (κ3) is 3.10. The summed E-state index contributed by atoms with van der Waals surface area (Å²) in [6, 6.07) is 2.11. The standard InChI is InChI=1S/C12H17N3S2/c1-3-4-5-7-16-10-9-6-8-17-11(9)15-12(13-2)14-10/h6,8H,3-5,7H2,1-2H3,(H,13,14,15). The van der Waals surface area contributed by atoms with Gasteiger partial charge in [-0.1, -0.05) is 19.8 Å². The molecular formula is C12H17N3S2. The summed E-state index contributed by atoms with van der Waals surface area (Å²) in [5.74, 6) is 1.86. The molecule has 0 unspecified atom stereocenters. The van der Waals surface area contributed by atoms with Gasteiger partial charge in [-0.3, -0.25) is 0 Å². The van der Waals surface area contributed by atoms with Crippen LogP contribution < -0.4 is 5.32 Å². The lowest BCUT2D eigenvalue weighted by molar-refractivity contribution is 0.778. The number of aromatic nitrogens is 2. The van der Waals surface area contributed by atoms with Crippen molar-refractivity contribution in [2.75, 3.05) is 18.1 Å². The van der Waals surface area contributed by atoms with E-state index in [-0.39, 0.29) is 0 Å². The monoisotopic (exact) mass is 267 g/mol. The Morgan fingerprint density at radius 2 is 2.24 bits per heavy atom. The fourth-order valence-electron chi connectivity index (χ4n) is 1.57. The van der Waals surface area contributed by atoms with Crippen molar-refractivity contribution in [3.05, 3.63) is 11.4 Å². The number of hydrogen-bond donors (Lipinski definition) is 1. The summed E-state index contributed by atoms with van der Waals surface area (Å²) in [6.07, 6.45) is 3.81. The number of unbranched alkanes of at least 4 members (excludes halogenated alkanes) is 2. The van der Waals surface area contributed by atoms with Crippen LogP contribution in [0.2, 0.25) is 0 Å². The van der Waals surface area contributed by atoms with Gasteiger partial charge in [-0.15, -0.1) is 23.1 Å². The lowest BCUT2D eigenvalue weighted by Gasteiger charge is -2.04. The van der Waals surface area contributed by atoms with E-state index in [1.807, 2.05) is 18.8 Å². The van der Waals surface area contributed by atoms with E-state index in [0.717, 1.165) is 21.6 Å². The average molecular weight is 267 g/mol. The molecule has 2 rings (SSSR count). The van der Waals surface area contributed by atoms with E-state index in [1.165, 1.54) is 24.6 Å². The van der Waals surface area contributed by atoms with Crippen LogP contribution in [0, 0.1) is 0 Å². The van der Waals surface area contributed by atoms with Crippen LogP contribution in [0.4, 0.5) is 5.95 Å². The molecular weight excluding hydrogens is 250 g/mol. The van der Waals surface area contributed by atoms with Crippen molar-refractivity contribution < 1.29 is 0 Å². The van der Waals surface area contributed by atoms with Gasteiger partial charge in [0.25, 0.3) is 0 Å². The second-order valence-electron chi connectivity index (χ2n) is 3.80. The molecule has 0 aromatic carbocycles. The summed E-state index contributed by atoms with van der Waals surface area (Å²) in [7, 11) is 1.86. The molecule has 3 nitrogen and oxygen atoms in total. The summed E-state index contributed by atoms with van der Waals surface area (Å²) in [5.41, 5.74) is 0. The van der Waals surface area contributed by atoms with Gasteiger partial charge in [0.05, 0.1) is 0 Å². The summed E-state index contributed by atoms with van der Waals surface area (Å²) < 4.78 is 0. The Balaban J connectivity index is 2.16. The molecule has 5 heteroatoms. The smallest absolute Gasteiger partial charge is 0.224 e. The molecule has 0 radical (unpaired) electrons. The van der Waals surface area contributed by atoms with Crippen LogP contribution in [0.3, 0.4) is 0 Å². The minimum absolute atomic E-state index is 0.720. The van der Waals surface area contributed by atoms with E-state index in [1.54, 1.807) is 11.3 Å². The number of fused-ring (bicyclic) bond motifs is 1. The number of nitrogens with one attached hydrogen (secondary N) is 1. The Kier molecular flexibility index (Phi) is 4.62. The van der Waals surface area contributed by atoms with Crippen molar-refractivity contribution >= 4 is 39.3 Å². The van der Waals surface area contributed by atoms with Gasteiger partial charge in [0.15, 0.2) is 0 Å². The zero-order chi connectivity index (χ0) is 12.1. The molecule has 2 aromatic rings. The molecule has 0 fully saturated rings. The second kappa shape index (κ2) is 6.21. The van der Waals surface area contributed by atoms with Crippen LogP contribution in [0.15, 0.2) is 16.5 Å². The van der Waals surface area contributed by atoms with Crippen LogP contribution >= 0.6 is 23.1 Å². The minimum Gasteiger partial charge on any atom is -0.357 e. The second-order valence-corrected chi connectivity index (χ2v) is 5.78. The molecule has 0 saturated carbocycles. The Bertz CT molecular complexity index is 482. The number of thiophene rings is 1. The number of nitrogens with zero attached hydrogens (tertiary/aromatic N) is 2. The molecule has 0 aliphatic heterocycles. The van der Waals surface area contributed by atoms with Gasteiger partial charge in [-0.25, -0.2) is 9.97 Å². The summed E-state index contributed by atoms with van der Waals surface area (Å²) in [5, 5.41) is 7.40. The lowest BCUT2D eigenvalue weighted by atomic mass is 10.3. The molecule has 17 heavy (non-hydrogen) atoms. The highest BCUT2D eigenvalue weighted by Gasteiger charge is 2.08. The molecule has 2 heterocycles. The number of anilines is 1. The molecule has 2 aromatic heterocycles.